The molecule has 138 valence electrons. The second-order valence-corrected chi connectivity index (χ2v) is 7.70. The number of hydrogen-bond donors (Lipinski definition) is 2. The summed E-state index contributed by atoms with van der Waals surface area (Å²) in [5, 5.41) is 8.12. The van der Waals surface area contributed by atoms with Gasteiger partial charge in [-0.3, -0.25) is 19.8 Å². The molecule has 1 atom stereocenters. The van der Waals surface area contributed by atoms with Gasteiger partial charge in [0.05, 0.1) is 5.69 Å². The van der Waals surface area contributed by atoms with Gasteiger partial charge in [-0.2, -0.15) is 0 Å². The van der Waals surface area contributed by atoms with Gasteiger partial charge in [0.1, 0.15) is 0 Å². The first-order valence-corrected chi connectivity index (χ1v) is 9.73. The number of rotatable bonds is 5. The summed E-state index contributed by atoms with van der Waals surface area (Å²) in [6, 6.07) is 6.86. The number of amides is 2. The average Bonchev–Trinajstić information content (AvgIpc) is 3.01. The van der Waals surface area contributed by atoms with Crippen molar-refractivity contribution in [2.45, 2.75) is 33.2 Å². The van der Waals surface area contributed by atoms with Crippen molar-refractivity contribution in [2.75, 3.05) is 23.7 Å². The molecule has 0 saturated carbocycles. The van der Waals surface area contributed by atoms with E-state index in [9.17, 15) is 9.59 Å². The van der Waals surface area contributed by atoms with E-state index in [1.54, 1.807) is 24.3 Å². The van der Waals surface area contributed by atoms with Crippen molar-refractivity contribution in [2.24, 2.45) is 5.92 Å². The first-order chi connectivity index (χ1) is 12.5. The number of nitrogens with one attached hydrogen (secondary N) is 2. The standard InChI is InChI=1S/C19H24N4O2S/c1-13-5-4-8-23(10-13)11-17-12-26-19(21-17)22-18(25)15-6-3-7-16(9-15)20-14(2)24/h3,6-7,9,12-13H,4-5,8,10-11H2,1-2H3,(H,20,24)(H,21,22,25)/t13-/m1/s1. The highest BCUT2D eigenvalue weighted by Crippen LogP contribution is 2.21. The third-order valence-corrected chi connectivity index (χ3v) is 5.15. The Bertz CT molecular complexity index is 789. The van der Waals surface area contributed by atoms with Gasteiger partial charge in [0.25, 0.3) is 5.91 Å². The number of carbonyl (C=O) groups is 2. The molecule has 0 aliphatic carbocycles. The fraction of sp³-hybridized carbons (Fsp3) is 0.421. The smallest absolute Gasteiger partial charge is 0.257 e. The summed E-state index contributed by atoms with van der Waals surface area (Å²) in [7, 11) is 0. The largest absolute Gasteiger partial charge is 0.326 e. The van der Waals surface area contributed by atoms with Crippen LogP contribution in [0.15, 0.2) is 29.6 Å². The van der Waals surface area contributed by atoms with Crippen molar-refractivity contribution in [3.8, 4) is 0 Å². The molecule has 2 amide bonds. The van der Waals surface area contributed by atoms with Gasteiger partial charge in [0.15, 0.2) is 5.13 Å². The Morgan fingerprint density at radius 2 is 2.19 bits per heavy atom. The summed E-state index contributed by atoms with van der Waals surface area (Å²) in [6.07, 6.45) is 2.53. The predicted molar refractivity (Wildman–Crippen MR) is 104 cm³/mol. The van der Waals surface area contributed by atoms with Crippen molar-refractivity contribution < 1.29 is 9.59 Å². The first-order valence-electron chi connectivity index (χ1n) is 8.85. The van der Waals surface area contributed by atoms with Crippen LogP contribution in [0.1, 0.15) is 42.7 Å². The Kier molecular flexibility index (Phi) is 6.00. The molecule has 26 heavy (non-hydrogen) atoms. The lowest BCUT2D eigenvalue weighted by atomic mass is 10.0. The number of anilines is 2. The number of carbonyl (C=O) groups excluding carboxylic acids is 2. The molecule has 1 fully saturated rings. The molecule has 1 aromatic heterocycles. The van der Waals surface area contributed by atoms with Crippen LogP contribution < -0.4 is 10.6 Å². The van der Waals surface area contributed by atoms with E-state index in [2.05, 4.69) is 27.4 Å². The van der Waals surface area contributed by atoms with E-state index in [1.807, 2.05) is 5.38 Å². The van der Waals surface area contributed by atoms with E-state index in [1.165, 1.54) is 31.1 Å². The van der Waals surface area contributed by atoms with Gasteiger partial charge < -0.3 is 5.32 Å². The van der Waals surface area contributed by atoms with Crippen LogP contribution in [0.25, 0.3) is 0 Å². The highest BCUT2D eigenvalue weighted by Gasteiger charge is 2.17. The van der Waals surface area contributed by atoms with Gasteiger partial charge >= 0.3 is 0 Å². The quantitative estimate of drug-likeness (QED) is 0.841. The third kappa shape index (κ3) is 5.12. The molecular formula is C19H24N4O2S. The van der Waals surface area contributed by atoms with Crippen molar-refractivity contribution >= 4 is 34.0 Å². The molecule has 2 aromatic rings. The van der Waals surface area contributed by atoms with Crippen LogP contribution in [0, 0.1) is 5.92 Å². The van der Waals surface area contributed by atoms with E-state index >= 15 is 0 Å². The number of nitrogens with zero attached hydrogens (tertiary/aromatic N) is 2. The number of piperidine rings is 1. The number of aromatic nitrogens is 1. The topological polar surface area (TPSA) is 74.3 Å². The van der Waals surface area contributed by atoms with Crippen LogP contribution in [-0.4, -0.2) is 34.8 Å². The van der Waals surface area contributed by atoms with E-state index in [0.717, 1.165) is 31.2 Å². The van der Waals surface area contributed by atoms with Gasteiger partial charge in [-0.1, -0.05) is 13.0 Å². The summed E-state index contributed by atoms with van der Waals surface area (Å²) in [5.74, 6) is 0.335. The zero-order valence-electron chi connectivity index (χ0n) is 15.1. The molecule has 6 nitrogen and oxygen atoms in total. The van der Waals surface area contributed by atoms with E-state index in [-0.39, 0.29) is 11.8 Å². The van der Waals surface area contributed by atoms with E-state index < -0.39 is 0 Å². The third-order valence-electron chi connectivity index (χ3n) is 4.34. The van der Waals surface area contributed by atoms with Crippen LogP contribution in [0.3, 0.4) is 0 Å². The fourth-order valence-electron chi connectivity index (χ4n) is 3.21. The zero-order chi connectivity index (χ0) is 18.5. The highest BCUT2D eigenvalue weighted by molar-refractivity contribution is 7.13. The maximum absolute atomic E-state index is 12.4. The average molecular weight is 372 g/mol. The van der Waals surface area contributed by atoms with Gasteiger partial charge in [0, 0.05) is 36.6 Å². The Balaban J connectivity index is 1.60. The molecule has 2 N–H and O–H groups in total. The summed E-state index contributed by atoms with van der Waals surface area (Å²) < 4.78 is 0. The normalized spacial score (nSPS) is 17.7. The van der Waals surface area contributed by atoms with Crippen LogP contribution in [0.4, 0.5) is 10.8 Å². The predicted octanol–water partition coefficient (Wildman–Crippen LogP) is 3.59. The van der Waals surface area contributed by atoms with E-state index in [0.29, 0.717) is 16.4 Å². The SMILES string of the molecule is CC(=O)Nc1cccc(C(=O)Nc2nc(CN3CCC[C@@H](C)C3)cs2)c1. The van der Waals surface area contributed by atoms with Crippen LogP contribution in [-0.2, 0) is 11.3 Å². The molecule has 1 aromatic carbocycles. The number of likely N-dealkylation sites (tertiary alicyclic amines) is 1. The Labute approximate surface area is 157 Å². The van der Waals surface area contributed by atoms with Crippen molar-refractivity contribution in [3.05, 3.63) is 40.9 Å². The van der Waals surface area contributed by atoms with Crippen LogP contribution in [0.2, 0.25) is 0 Å². The minimum Gasteiger partial charge on any atom is -0.326 e. The summed E-state index contributed by atoms with van der Waals surface area (Å²) in [6.45, 7) is 6.77. The lowest BCUT2D eigenvalue weighted by Gasteiger charge is -2.30. The highest BCUT2D eigenvalue weighted by atomic mass is 32.1. The lowest BCUT2D eigenvalue weighted by Crippen LogP contribution is -2.33. The maximum atomic E-state index is 12.4. The Morgan fingerprint density at radius 1 is 1.35 bits per heavy atom. The Hall–Kier alpha value is -2.25. The van der Waals surface area contributed by atoms with Gasteiger partial charge in [0.2, 0.25) is 5.91 Å². The van der Waals surface area contributed by atoms with Crippen LogP contribution >= 0.6 is 11.3 Å². The van der Waals surface area contributed by atoms with E-state index in [4.69, 9.17) is 0 Å². The molecule has 2 heterocycles. The summed E-state index contributed by atoms with van der Waals surface area (Å²) >= 11 is 1.44. The number of thiazole rings is 1. The zero-order valence-corrected chi connectivity index (χ0v) is 15.9. The lowest BCUT2D eigenvalue weighted by molar-refractivity contribution is -0.114. The number of benzene rings is 1. The second-order valence-electron chi connectivity index (χ2n) is 6.84. The van der Waals surface area contributed by atoms with Crippen LogP contribution in [0.5, 0.6) is 0 Å². The van der Waals surface area contributed by atoms with Gasteiger partial charge in [-0.15, -0.1) is 11.3 Å². The first kappa shape index (κ1) is 18.5. The minimum atomic E-state index is -0.232. The fourth-order valence-corrected chi connectivity index (χ4v) is 3.90. The maximum Gasteiger partial charge on any atom is 0.257 e. The molecule has 0 unspecified atom stereocenters. The minimum absolute atomic E-state index is 0.167. The summed E-state index contributed by atoms with van der Waals surface area (Å²) in [4.78, 5) is 30.5. The molecule has 7 heteroatoms. The molecule has 0 bridgehead atoms. The van der Waals surface area contributed by atoms with Crippen molar-refractivity contribution in [1.29, 1.82) is 0 Å². The van der Waals surface area contributed by atoms with Gasteiger partial charge in [-0.05, 0) is 43.5 Å². The molecule has 0 radical (unpaired) electrons. The molecule has 3 rings (SSSR count). The van der Waals surface area contributed by atoms with Crippen molar-refractivity contribution in [3.63, 3.8) is 0 Å². The molecule has 1 aliphatic heterocycles. The molecule has 1 aliphatic rings. The second kappa shape index (κ2) is 8.42. The molecule has 0 spiro atoms. The summed E-state index contributed by atoms with van der Waals surface area (Å²) in [5.41, 5.74) is 2.08. The molecular weight excluding hydrogens is 348 g/mol. The molecule has 1 saturated heterocycles. The monoisotopic (exact) mass is 372 g/mol. The Morgan fingerprint density at radius 3 is 2.96 bits per heavy atom. The number of hydrogen-bond acceptors (Lipinski definition) is 5. The van der Waals surface area contributed by atoms with Gasteiger partial charge in [-0.25, -0.2) is 4.98 Å². The van der Waals surface area contributed by atoms with Crippen molar-refractivity contribution in [1.82, 2.24) is 9.88 Å².